The van der Waals surface area contributed by atoms with Gasteiger partial charge in [-0.15, -0.1) is 0 Å². The van der Waals surface area contributed by atoms with Crippen LogP contribution in [0.4, 0.5) is 0 Å². The Labute approximate surface area is 197 Å². The second-order valence-corrected chi connectivity index (χ2v) is 9.78. The van der Waals surface area contributed by atoms with Crippen molar-refractivity contribution in [1.82, 2.24) is 4.90 Å². The molecule has 0 atom stereocenters. The molecule has 0 aromatic heterocycles. The fourth-order valence-electron chi connectivity index (χ4n) is 3.48. The molecule has 0 fully saturated rings. The number of hydrogen-bond donors (Lipinski definition) is 2. The van der Waals surface area contributed by atoms with E-state index in [1.54, 1.807) is 25.1 Å². The van der Waals surface area contributed by atoms with Crippen LogP contribution in [-0.4, -0.2) is 62.3 Å². The Bertz CT molecular complexity index is 1270. The third-order valence-electron chi connectivity index (χ3n) is 5.26. The standard InChI is InChI=1S/C23H25N3O7S/c1-3-32-21(28)13-33-19-8-6-14(10-20(19)34(30,31)4-2)18(27)12-26-11-16-9-15(22(24)25)5-7-17(16)23(26)29/h5-10H,3-4,11-13H2,1-2H3,(H3,24,25). The number of amides is 1. The van der Waals surface area contributed by atoms with Crippen molar-refractivity contribution in [3.05, 3.63) is 58.7 Å². The van der Waals surface area contributed by atoms with E-state index in [9.17, 15) is 22.8 Å². The number of ether oxygens (including phenoxy) is 2. The number of Topliss-reactive ketones (excluding diaryl/α,β-unsaturated/α-hetero) is 1. The number of nitrogens with one attached hydrogen (secondary N) is 1. The summed E-state index contributed by atoms with van der Waals surface area (Å²) in [6, 6.07) is 8.68. The molecular weight excluding hydrogens is 462 g/mol. The number of esters is 1. The van der Waals surface area contributed by atoms with E-state index in [2.05, 4.69) is 0 Å². The van der Waals surface area contributed by atoms with Crippen molar-refractivity contribution in [3.63, 3.8) is 0 Å². The summed E-state index contributed by atoms with van der Waals surface area (Å²) in [4.78, 5) is 38.4. The van der Waals surface area contributed by atoms with E-state index in [4.69, 9.17) is 20.6 Å². The number of nitrogens with zero attached hydrogens (tertiary/aromatic N) is 1. The first-order chi connectivity index (χ1) is 16.1. The third-order valence-corrected chi connectivity index (χ3v) is 7.01. The van der Waals surface area contributed by atoms with Gasteiger partial charge in [-0.1, -0.05) is 13.0 Å². The third kappa shape index (κ3) is 5.25. The number of nitrogen functional groups attached to an aromatic ring is 1. The van der Waals surface area contributed by atoms with Crippen LogP contribution in [0.25, 0.3) is 0 Å². The van der Waals surface area contributed by atoms with Crippen molar-refractivity contribution in [3.8, 4) is 5.75 Å². The number of rotatable bonds is 10. The number of amidine groups is 1. The summed E-state index contributed by atoms with van der Waals surface area (Å²) in [6.07, 6.45) is 0. The highest BCUT2D eigenvalue weighted by molar-refractivity contribution is 7.91. The van der Waals surface area contributed by atoms with E-state index in [0.717, 1.165) is 0 Å². The van der Waals surface area contributed by atoms with Crippen molar-refractivity contribution in [1.29, 1.82) is 5.41 Å². The Morgan fingerprint density at radius 3 is 2.47 bits per heavy atom. The SMILES string of the molecule is CCOC(=O)COc1ccc(C(=O)CN2Cc3cc(C(=N)N)ccc3C2=O)cc1S(=O)(=O)CC. The van der Waals surface area contributed by atoms with E-state index in [-0.39, 0.29) is 53.4 Å². The Morgan fingerprint density at radius 2 is 1.82 bits per heavy atom. The average molecular weight is 488 g/mol. The van der Waals surface area contributed by atoms with E-state index < -0.39 is 28.2 Å². The zero-order valence-corrected chi connectivity index (χ0v) is 19.6. The van der Waals surface area contributed by atoms with Gasteiger partial charge >= 0.3 is 5.97 Å². The molecule has 3 N–H and O–H groups in total. The highest BCUT2D eigenvalue weighted by Crippen LogP contribution is 2.28. The summed E-state index contributed by atoms with van der Waals surface area (Å²) in [5.74, 6) is -1.87. The molecule has 0 unspecified atom stereocenters. The number of fused-ring (bicyclic) bond motifs is 1. The average Bonchev–Trinajstić information content (AvgIpc) is 3.12. The smallest absolute Gasteiger partial charge is 0.344 e. The van der Waals surface area contributed by atoms with Gasteiger partial charge in [0.2, 0.25) is 0 Å². The molecule has 0 saturated carbocycles. The lowest BCUT2D eigenvalue weighted by molar-refractivity contribution is -0.145. The fraction of sp³-hybridized carbons (Fsp3) is 0.304. The normalized spacial score (nSPS) is 12.9. The molecule has 1 amide bonds. The maximum absolute atomic E-state index is 12.9. The van der Waals surface area contributed by atoms with Crippen molar-refractivity contribution < 1.29 is 32.3 Å². The first-order valence-electron chi connectivity index (χ1n) is 10.5. The molecule has 0 saturated heterocycles. The quantitative estimate of drug-likeness (QED) is 0.221. The molecule has 3 rings (SSSR count). The van der Waals surface area contributed by atoms with Gasteiger partial charge in [0.1, 0.15) is 16.5 Å². The zero-order valence-electron chi connectivity index (χ0n) is 18.8. The minimum absolute atomic E-state index is 0.0622. The number of carbonyl (C=O) groups is 3. The van der Waals surface area contributed by atoms with Gasteiger partial charge in [-0.3, -0.25) is 15.0 Å². The maximum atomic E-state index is 12.9. The van der Waals surface area contributed by atoms with E-state index in [0.29, 0.717) is 16.7 Å². The fourth-order valence-corrected chi connectivity index (χ4v) is 4.53. The Balaban J connectivity index is 1.82. The first-order valence-corrected chi connectivity index (χ1v) is 12.2. The van der Waals surface area contributed by atoms with Crippen LogP contribution in [0.15, 0.2) is 41.3 Å². The highest BCUT2D eigenvalue weighted by Gasteiger charge is 2.30. The summed E-state index contributed by atoms with van der Waals surface area (Å²) >= 11 is 0. The zero-order chi connectivity index (χ0) is 25.0. The number of ketones is 1. The summed E-state index contributed by atoms with van der Waals surface area (Å²) in [5, 5.41) is 7.54. The van der Waals surface area contributed by atoms with Crippen LogP contribution >= 0.6 is 0 Å². The van der Waals surface area contributed by atoms with Crippen LogP contribution in [0.3, 0.4) is 0 Å². The predicted octanol–water partition coefficient (Wildman–Crippen LogP) is 1.54. The highest BCUT2D eigenvalue weighted by atomic mass is 32.2. The summed E-state index contributed by atoms with van der Waals surface area (Å²) in [7, 11) is -3.78. The summed E-state index contributed by atoms with van der Waals surface area (Å²) in [5.41, 5.74) is 7.15. The van der Waals surface area contributed by atoms with Gasteiger partial charge in [-0.25, -0.2) is 13.2 Å². The topological polar surface area (TPSA) is 157 Å². The molecule has 180 valence electrons. The minimum atomic E-state index is -3.78. The molecule has 34 heavy (non-hydrogen) atoms. The summed E-state index contributed by atoms with van der Waals surface area (Å²) < 4.78 is 35.3. The van der Waals surface area contributed by atoms with Gasteiger partial charge in [-0.2, -0.15) is 0 Å². The molecule has 0 bridgehead atoms. The molecule has 2 aromatic carbocycles. The minimum Gasteiger partial charge on any atom is -0.481 e. The second-order valence-electron chi connectivity index (χ2n) is 7.53. The van der Waals surface area contributed by atoms with Gasteiger partial charge in [0.05, 0.1) is 18.9 Å². The van der Waals surface area contributed by atoms with Crippen LogP contribution in [0.5, 0.6) is 5.75 Å². The lowest BCUT2D eigenvalue weighted by Crippen LogP contribution is -2.30. The Hall–Kier alpha value is -3.73. The van der Waals surface area contributed by atoms with Crippen LogP contribution in [-0.2, 0) is 25.9 Å². The monoisotopic (exact) mass is 487 g/mol. The van der Waals surface area contributed by atoms with Crippen molar-refractivity contribution in [2.75, 3.05) is 25.5 Å². The number of nitrogens with two attached hydrogens (primary N) is 1. The molecule has 1 heterocycles. The first kappa shape index (κ1) is 24.9. The number of hydrogen-bond acceptors (Lipinski definition) is 8. The molecule has 11 heteroatoms. The Kier molecular flexibility index (Phi) is 7.35. The van der Waals surface area contributed by atoms with Crippen LogP contribution < -0.4 is 10.5 Å². The molecule has 0 radical (unpaired) electrons. The maximum Gasteiger partial charge on any atom is 0.344 e. The molecule has 1 aliphatic heterocycles. The largest absolute Gasteiger partial charge is 0.481 e. The molecule has 2 aromatic rings. The number of benzene rings is 2. The Morgan fingerprint density at radius 1 is 1.12 bits per heavy atom. The molecule has 10 nitrogen and oxygen atoms in total. The van der Waals surface area contributed by atoms with Crippen LogP contribution in [0, 0.1) is 5.41 Å². The lowest BCUT2D eigenvalue weighted by atomic mass is 10.1. The molecule has 0 aliphatic carbocycles. The van der Waals surface area contributed by atoms with E-state index in [1.165, 1.54) is 30.0 Å². The van der Waals surface area contributed by atoms with Crippen LogP contribution in [0.1, 0.15) is 45.7 Å². The van der Waals surface area contributed by atoms with Gasteiger partial charge in [0.15, 0.2) is 22.2 Å². The van der Waals surface area contributed by atoms with Gasteiger partial charge in [0, 0.05) is 23.2 Å². The van der Waals surface area contributed by atoms with E-state index >= 15 is 0 Å². The van der Waals surface area contributed by atoms with E-state index in [1.807, 2.05) is 0 Å². The summed E-state index contributed by atoms with van der Waals surface area (Å²) in [6.45, 7) is 2.67. The van der Waals surface area contributed by atoms with Gasteiger partial charge in [0.25, 0.3) is 5.91 Å². The van der Waals surface area contributed by atoms with Crippen LogP contribution in [0.2, 0.25) is 0 Å². The van der Waals surface area contributed by atoms with Crippen molar-refractivity contribution in [2.24, 2.45) is 5.73 Å². The predicted molar refractivity (Wildman–Crippen MR) is 123 cm³/mol. The molecule has 0 spiro atoms. The molecular formula is C23H25N3O7S. The second kappa shape index (κ2) is 10.0. The number of carbonyl (C=O) groups excluding carboxylic acids is 3. The van der Waals surface area contributed by atoms with Crippen molar-refractivity contribution in [2.45, 2.75) is 25.3 Å². The van der Waals surface area contributed by atoms with Gasteiger partial charge < -0.3 is 20.1 Å². The lowest BCUT2D eigenvalue weighted by Gasteiger charge is -2.16. The molecule has 1 aliphatic rings. The number of sulfone groups is 1. The van der Waals surface area contributed by atoms with Crippen molar-refractivity contribution >= 4 is 33.3 Å². The van der Waals surface area contributed by atoms with Gasteiger partial charge in [-0.05, 0) is 42.8 Å².